The van der Waals surface area contributed by atoms with E-state index >= 15 is 0 Å². The van der Waals surface area contributed by atoms with Crippen molar-refractivity contribution in [1.29, 1.82) is 5.26 Å². The normalized spacial score (nSPS) is 23.8. The first-order valence-corrected chi connectivity index (χ1v) is 11.1. The lowest BCUT2D eigenvalue weighted by molar-refractivity contribution is -0.121. The number of aromatic nitrogens is 3. The molecule has 2 aliphatic carbocycles. The average Bonchev–Trinajstić information content (AvgIpc) is 2.81. The first-order chi connectivity index (χ1) is 15.8. The molecular formula is C27H23FN4O. The van der Waals surface area contributed by atoms with Crippen LogP contribution in [0.2, 0.25) is 0 Å². The Balaban J connectivity index is 1.81. The van der Waals surface area contributed by atoms with E-state index in [0.717, 1.165) is 40.2 Å². The van der Waals surface area contributed by atoms with Crippen LogP contribution < -0.4 is 0 Å². The second-order valence-corrected chi connectivity index (χ2v) is 9.17. The quantitative estimate of drug-likeness (QED) is 0.553. The maximum Gasteiger partial charge on any atom is 0.176 e. The fourth-order valence-corrected chi connectivity index (χ4v) is 5.43. The van der Waals surface area contributed by atoms with Gasteiger partial charge < -0.3 is 0 Å². The molecule has 0 N–H and O–H groups in total. The number of carbonyl (C=O) groups is 1. The van der Waals surface area contributed by atoms with Gasteiger partial charge in [0, 0.05) is 39.9 Å². The van der Waals surface area contributed by atoms with E-state index in [1.807, 2.05) is 26.0 Å². The minimum atomic E-state index is -0.583. The number of nitrogens with zero attached hydrogens (tertiary/aromatic N) is 4. The lowest BCUT2D eigenvalue weighted by Crippen LogP contribution is -2.46. The second kappa shape index (κ2) is 7.70. The lowest BCUT2D eigenvalue weighted by atomic mass is 9.57. The average molecular weight is 439 g/mol. The number of hydrogen-bond donors (Lipinski definition) is 0. The van der Waals surface area contributed by atoms with Crippen LogP contribution in [0.25, 0.3) is 22.6 Å². The summed E-state index contributed by atoms with van der Waals surface area (Å²) in [6.07, 6.45) is 5.04. The Morgan fingerprint density at radius 2 is 1.91 bits per heavy atom. The SMILES string of the molecule is Cc1cc(-c2nc(-c3ccc(F)cc3)c3c(n2)[C@]2(C)C=C(C#N)C(=O)C(C)C2CC3)ccn1. The zero-order chi connectivity index (χ0) is 23.3. The Bertz CT molecular complexity index is 1360. The maximum atomic E-state index is 13.7. The van der Waals surface area contributed by atoms with E-state index in [1.165, 1.54) is 12.1 Å². The van der Waals surface area contributed by atoms with Gasteiger partial charge in [-0.3, -0.25) is 9.78 Å². The topological polar surface area (TPSA) is 79.5 Å². The molecule has 0 radical (unpaired) electrons. The van der Waals surface area contributed by atoms with Gasteiger partial charge in [-0.15, -0.1) is 0 Å². The number of Topliss-reactive ketones (excluding diaryl/α,β-unsaturated/α-hetero) is 1. The number of halogens is 1. The predicted molar refractivity (Wildman–Crippen MR) is 122 cm³/mol. The summed E-state index contributed by atoms with van der Waals surface area (Å²) in [5.41, 5.74) is 4.70. The number of ketones is 1. The number of fused-ring (bicyclic) bond motifs is 3. The molecule has 5 nitrogen and oxygen atoms in total. The van der Waals surface area contributed by atoms with E-state index in [4.69, 9.17) is 9.97 Å². The first kappa shape index (κ1) is 21.1. The molecule has 2 unspecified atom stereocenters. The van der Waals surface area contributed by atoms with Gasteiger partial charge in [-0.25, -0.2) is 14.4 Å². The van der Waals surface area contributed by atoms with Crippen molar-refractivity contribution in [3.8, 4) is 28.7 Å². The molecule has 2 aromatic heterocycles. The van der Waals surface area contributed by atoms with Crippen molar-refractivity contribution < 1.29 is 9.18 Å². The van der Waals surface area contributed by atoms with Crippen LogP contribution in [-0.2, 0) is 16.6 Å². The van der Waals surface area contributed by atoms with Gasteiger partial charge in [-0.05, 0) is 62.1 Å². The number of hydrogen-bond acceptors (Lipinski definition) is 5. The molecule has 0 fully saturated rings. The summed E-state index contributed by atoms with van der Waals surface area (Å²) in [5.74, 6) is -0.0747. The van der Waals surface area contributed by atoms with Gasteiger partial charge in [0.05, 0.1) is 17.0 Å². The van der Waals surface area contributed by atoms with Crippen molar-refractivity contribution in [2.45, 2.75) is 39.0 Å². The zero-order valence-electron chi connectivity index (χ0n) is 18.8. The van der Waals surface area contributed by atoms with Crippen molar-refractivity contribution in [3.63, 3.8) is 0 Å². The van der Waals surface area contributed by atoms with Crippen LogP contribution in [0, 0.1) is 35.9 Å². The standard InChI is InChI=1S/C27H23FN4O/c1-15-12-18(10-11-30-15)26-31-23(17-4-6-20(28)7-5-17)21-8-9-22-16(2)24(33)19(14-29)13-27(22,3)25(21)32-26/h4-7,10-13,16,22H,8-9H2,1-3H3/t16?,22?,27-/m1/s1. The molecule has 0 amide bonds. The van der Waals surface area contributed by atoms with Gasteiger partial charge in [0.15, 0.2) is 11.6 Å². The highest BCUT2D eigenvalue weighted by molar-refractivity contribution is 6.02. The van der Waals surface area contributed by atoms with Crippen LogP contribution in [0.1, 0.15) is 37.2 Å². The van der Waals surface area contributed by atoms with Crippen molar-refractivity contribution in [3.05, 3.63) is 77.0 Å². The van der Waals surface area contributed by atoms with Crippen molar-refractivity contribution in [2.75, 3.05) is 0 Å². The minimum Gasteiger partial charge on any atom is -0.293 e. The number of aryl methyl sites for hydroxylation is 1. The fourth-order valence-electron chi connectivity index (χ4n) is 5.43. The summed E-state index contributed by atoms with van der Waals surface area (Å²) < 4.78 is 13.7. The molecule has 3 aromatic rings. The molecule has 2 aliphatic rings. The molecular weight excluding hydrogens is 415 g/mol. The van der Waals surface area contributed by atoms with E-state index in [0.29, 0.717) is 12.2 Å². The van der Waals surface area contributed by atoms with Crippen LogP contribution in [0.4, 0.5) is 4.39 Å². The molecule has 3 atom stereocenters. The number of carbonyl (C=O) groups excluding carboxylic acids is 1. The third kappa shape index (κ3) is 3.36. The Hall–Kier alpha value is -3.72. The number of benzene rings is 1. The molecule has 0 saturated carbocycles. The van der Waals surface area contributed by atoms with E-state index < -0.39 is 5.41 Å². The highest BCUT2D eigenvalue weighted by Crippen LogP contribution is 2.50. The molecule has 2 heterocycles. The van der Waals surface area contributed by atoms with Gasteiger partial charge in [-0.2, -0.15) is 5.26 Å². The van der Waals surface area contributed by atoms with Crippen molar-refractivity contribution in [2.24, 2.45) is 11.8 Å². The summed E-state index contributed by atoms with van der Waals surface area (Å²) in [4.78, 5) is 27.0. The van der Waals surface area contributed by atoms with E-state index in [-0.39, 0.29) is 29.0 Å². The first-order valence-electron chi connectivity index (χ1n) is 11.1. The number of allylic oxidation sites excluding steroid dienone is 2. The third-order valence-corrected chi connectivity index (χ3v) is 7.11. The fraction of sp³-hybridized carbons (Fsp3) is 0.296. The highest BCUT2D eigenvalue weighted by atomic mass is 19.1. The molecule has 0 spiro atoms. The minimum absolute atomic E-state index is 0.0394. The van der Waals surface area contributed by atoms with Crippen LogP contribution in [-0.4, -0.2) is 20.7 Å². The summed E-state index contributed by atoms with van der Waals surface area (Å²) in [6, 6.07) is 12.2. The molecule has 164 valence electrons. The van der Waals surface area contributed by atoms with Gasteiger partial charge in [0.25, 0.3) is 0 Å². The Kier molecular flexibility index (Phi) is 4.93. The lowest BCUT2D eigenvalue weighted by Gasteiger charge is -2.45. The van der Waals surface area contributed by atoms with E-state index in [9.17, 15) is 14.4 Å². The summed E-state index contributed by atoms with van der Waals surface area (Å²) in [7, 11) is 0. The van der Waals surface area contributed by atoms with Crippen LogP contribution >= 0.6 is 0 Å². The van der Waals surface area contributed by atoms with Crippen LogP contribution in [0.15, 0.2) is 54.2 Å². The van der Waals surface area contributed by atoms with E-state index in [1.54, 1.807) is 24.4 Å². The Labute approximate surface area is 192 Å². The number of rotatable bonds is 2. The van der Waals surface area contributed by atoms with Gasteiger partial charge in [-0.1, -0.05) is 19.9 Å². The molecule has 0 aliphatic heterocycles. The third-order valence-electron chi connectivity index (χ3n) is 7.11. The van der Waals surface area contributed by atoms with Gasteiger partial charge in [0.2, 0.25) is 0 Å². The Morgan fingerprint density at radius 1 is 1.15 bits per heavy atom. The molecule has 0 bridgehead atoms. The molecule has 5 rings (SSSR count). The Morgan fingerprint density at radius 3 is 2.61 bits per heavy atom. The maximum absolute atomic E-state index is 13.7. The number of pyridine rings is 1. The predicted octanol–water partition coefficient (Wildman–Crippen LogP) is 5.14. The van der Waals surface area contributed by atoms with Crippen LogP contribution in [0.3, 0.4) is 0 Å². The summed E-state index contributed by atoms with van der Waals surface area (Å²) in [5, 5.41) is 9.64. The largest absolute Gasteiger partial charge is 0.293 e. The highest BCUT2D eigenvalue weighted by Gasteiger charge is 2.49. The second-order valence-electron chi connectivity index (χ2n) is 9.17. The van der Waals surface area contributed by atoms with Gasteiger partial charge >= 0.3 is 0 Å². The molecule has 33 heavy (non-hydrogen) atoms. The molecule has 6 heteroatoms. The van der Waals surface area contributed by atoms with E-state index in [2.05, 4.69) is 18.0 Å². The van der Waals surface area contributed by atoms with Crippen molar-refractivity contribution >= 4 is 5.78 Å². The molecule has 1 aromatic carbocycles. The van der Waals surface area contributed by atoms with Gasteiger partial charge in [0.1, 0.15) is 11.9 Å². The monoisotopic (exact) mass is 438 g/mol. The molecule has 0 saturated heterocycles. The van der Waals surface area contributed by atoms with Crippen molar-refractivity contribution in [1.82, 2.24) is 15.0 Å². The summed E-state index contributed by atoms with van der Waals surface area (Å²) in [6.45, 7) is 5.89. The number of nitriles is 1. The zero-order valence-corrected chi connectivity index (χ0v) is 18.8. The smallest absolute Gasteiger partial charge is 0.176 e. The summed E-state index contributed by atoms with van der Waals surface area (Å²) >= 11 is 0. The van der Waals surface area contributed by atoms with Crippen LogP contribution in [0.5, 0.6) is 0 Å².